The van der Waals surface area contributed by atoms with Gasteiger partial charge >= 0.3 is 6.36 Å². The summed E-state index contributed by atoms with van der Waals surface area (Å²) in [4.78, 5) is 22.0. The molecule has 5 aromatic rings. The van der Waals surface area contributed by atoms with Gasteiger partial charge in [-0.05, 0) is 18.2 Å². The number of fused-ring (bicyclic) bond motifs is 2. The lowest BCUT2D eigenvalue weighted by molar-refractivity contribution is -0.274. The number of aromatic nitrogens is 5. The van der Waals surface area contributed by atoms with Gasteiger partial charge in [-0.25, -0.2) is 4.98 Å². The number of benzene rings is 2. The van der Waals surface area contributed by atoms with Crippen molar-refractivity contribution < 1.29 is 17.9 Å². The fourth-order valence-corrected chi connectivity index (χ4v) is 3.42. The third-order valence-electron chi connectivity index (χ3n) is 4.65. The molecule has 5 rings (SSSR count). The Morgan fingerprint density at radius 3 is 2.55 bits per heavy atom. The first kappa shape index (κ1) is 18.8. The molecule has 0 unspecified atom stereocenters. The van der Waals surface area contributed by atoms with Gasteiger partial charge in [0.15, 0.2) is 0 Å². The van der Waals surface area contributed by atoms with Crippen LogP contribution in [0.5, 0.6) is 5.75 Å². The van der Waals surface area contributed by atoms with Crippen LogP contribution in [-0.2, 0) is 0 Å². The Morgan fingerprint density at radius 1 is 0.968 bits per heavy atom. The molecule has 154 valence electrons. The first-order chi connectivity index (χ1) is 14.9. The van der Waals surface area contributed by atoms with Crippen molar-refractivity contribution in [3.63, 3.8) is 0 Å². The number of pyridine rings is 1. The Hall–Kier alpha value is -4.21. The molecule has 31 heavy (non-hydrogen) atoms. The van der Waals surface area contributed by atoms with E-state index in [4.69, 9.17) is 0 Å². The normalized spacial score (nSPS) is 11.8. The van der Waals surface area contributed by atoms with Crippen LogP contribution < -0.4 is 10.3 Å². The average Bonchev–Trinajstić information content (AvgIpc) is 3.20. The first-order valence-electron chi connectivity index (χ1n) is 9.07. The van der Waals surface area contributed by atoms with Gasteiger partial charge in [0.25, 0.3) is 11.3 Å². The van der Waals surface area contributed by atoms with Crippen molar-refractivity contribution in [2.75, 3.05) is 0 Å². The number of ether oxygens (including phenoxy) is 1. The number of alkyl halides is 3. The minimum absolute atomic E-state index is 0.214. The van der Waals surface area contributed by atoms with Crippen LogP contribution in [0.3, 0.4) is 0 Å². The maximum Gasteiger partial charge on any atom is 0.573 e. The zero-order chi connectivity index (χ0) is 21.6. The van der Waals surface area contributed by atoms with Gasteiger partial charge in [-0.2, -0.15) is 14.6 Å². The fourth-order valence-electron chi connectivity index (χ4n) is 3.42. The number of nitrogens with zero attached hydrogens (tertiary/aromatic N) is 5. The summed E-state index contributed by atoms with van der Waals surface area (Å²) < 4.78 is 44.5. The molecule has 10 heteroatoms. The summed E-state index contributed by atoms with van der Waals surface area (Å²) in [6.07, 6.45) is -2.05. The van der Waals surface area contributed by atoms with Gasteiger partial charge in [-0.1, -0.05) is 36.4 Å². The summed E-state index contributed by atoms with van der Waals surface area (Å²) in [5.74, 6) is -0.103. The van der Waals surface area contributed by atoms with Crippen LogP contribution in [-0.4, -0.2) is 30.5 Å². The highest BCUT2D eigenvalue weighted by atomic mass is 19.4. The lowest BCUT2D eigenvalue weighted by Gasteiger charge is -2.13. The van der Waals surface area contributed by atoms with Crippen LogP contribution in [0.4, 0.5) is 13.2 Å². The van der Waals surface area contributed by atoms with Crippen LogP contribution in [0, 0.1) is 0 Å². The molecule has 2 aromatic carbocycles. The van der Waals surface area contributed by atoms with Crippen molar-refractivity contribution in [2.24, 2.45) is 0 Å². The van der Waals surface area contributed by atoms with Crippen molar-refractivity contribution >= 4 is 16.7 Å². The van der Waals surface area contributed by atoms with E-state index in [-0.39, 0.29) is 11.1 Å². The van der Waals surface area contributed by atoms with Gasteiger partial charge in [0.1, 0.15) is 12.1 Å². The van der Waals surface area contributed by atoms with Gasteiger partial charge in [-0.15, -0.1) is 13.2 Å². The zero-order valence-electron chi connectivity index (χ0n) is 15.6. The van der Waals surface area contributed by atoms with Gasteiger partial charge in [0, 0.05) is 17.8 Å². The van der Waals surface area contributed by atoms with Gasteiger partial charge in [0.05, 0.1) is 22.3 Å². The van der Waals surface area contributed by atoms with Crippen molar-refractivity contribution in [1.82, 2.24) is 24.1 Å². The third-order valence-corrected chi connectivity index (χ3v) is 4.65. The van der Waals surface area contributed by atoms with E-state index in [1.54, 1.807) is 6.07 Å². The van der Waals surface area contributed by atoms with Crippen LogP contribution in [0.1, 0.15) is 0 Å². The standard InChI is InChI=1S/C21H12F3N5O2/c22-21(23,24)31-15-8-4-7-14(11-15)28-10-9-16-17(19(28)30)18(13-5-2-1-3-6-13)29-20(27-16)25-12-26-29/h1-12H. The Kier molecular flexibility index (Phi) is 4.21. The van der Waals surface area contributed by atoms with Gasteiger partial charge < -0.3 is 4.74 Å². The molecule has 0 aliphatic rings. The second kappa shape index (κ2) is 6.94. The monoisotopic (exact) mass is 423 g/mol. The Morgan fingerprint density at radius 2 is 1.77 bits per heavy atom. The molecule has 0 N–H and O–H groups in total. The van der Waals surface area contributed by atoms with E-state index in [0.717, 1.165) is 11.6 Å². The molecule has 0 radical (unpaired) electrons. The lowest BCUT2D eigenvalue weighted by atomic mass is 10.1. The Balaban J connectivity index is 1.79. The molecule has 0 fully saturated rings. The van der Waals surface area contributed by atoms with E-state index in [1.165, 1.54) is 39.8 Å². The molecule has 0 aliphatic heterocycles. The predicted octanol–water partition coefficient (Wildman–Crippen LogP) is 3.99. The first-order valence-corrected chi connectivity index (χ1v) is 9.07. The van der Waals surface area contributed by atoms with Crippen LogP contribution in [0.15, 0.2) is 78.0 Å². The quantitative estimate of drug-likeness (QED) is 0.439. The summed E-state index contributed by atoms with van der Waals surface area (Å²) in [5, 5.41) is 4.45. The molecule has 0 bridgehead atoms. The maximum atomic E-state index is 13.5. The van der Waals surface area contributed by atoms with E-state index in [9.17, 15) is 18.0 Å². The summed E-state index contributed by atoms with van der Waals surface area (Å²) in [6, 6.07) is 15.9. The van der Waals surface area contributed by atoms with Gasteiger partial charge in [-0.3, -0.25) is 9.36 Å². The molecule has 0 amide bonds. The molecular formula is C21H12F3N5O2. The zero-order valence-corrected chi connectivity index (χ0v) is 15.6. The molecule has 3 heterocycles. The largest absolute Gasteiger partial charge is 0.573 e. The SMILES string of the molecule is O=c1c2c(-c3ccccc3)n3ncnc3nc2ccn1-c1cccc(OC(F)(F)F)c1. The van der Waals surface area contributed by atoms with Gasteiger partial charge in [0.2, 0.25) is 0 Å². The number of halogens is 3. The topological polar surface area (TPSA) is 74.3 Å². The van der Waals surface area contributed by atoms with Crippen molar-refractivity contribution in [2.45, 2.75) is 6.36 Å². The van der Waals surface area contributed by atoms with Crippen LogP contribution >= 0.6 is 0 Å². The van der Waals surface area contributed by atoms with E-state index in [2.05, 4.69) is 19.8 Å². The van der Waals surface area contributed by atoms with Crippen molar-refractivity contribution in [1.29, 1.82) is 0 Å². The molecule has 7 nitrogen and oxygen atoms in total. The Bertz CT molecular complexity index is 1480. The highest BCUT2D eigenvalue weighted by molar-refractivity contribution is 5.93. The van der Waals surface area contributed by atoms with E-state index >= 15 is 0 Å². The fraction of sp³-hybridized carbons (Fsp3) is 0.0476. The van der Waals surface area contributed by atoms with E-state index in [0.29, 0.717) is 17.0 Å². The van der Waals surface area contributed by atoms with Crippen LogP contribution in [0.2, 0.25) is 0 Å². The highest BCUT2D eigenvalue weighted by Gasteiger charge is 2.31. The molecule has 3 aromatic heterocycles. The maximum absolute atomic E-state index is 13.5. The van der Waals surface area contributed by atoms with Crippen molar-refractivity contribution in [3.05, 3.63) is 83.5 Å². The summed E-state index contributed by atoms with van der Waals surface area (Å²) >= 11 is 0. The number of rotatable bonds is 3. The smallest absolute Gasteiger partial charge is 0.406 e. The highest BCUT2D eigenvalue weighted by Crippen LogP contribution is 2.27. The van der Waals surface area contributed by atoms with Crippen molar-refractivity contribution in [3.8, 4) is 22.7 Å². The molecular weight excluding hydrogens is 411 g/mol. The summed E-state index contributed by atoms with van der Waals surface area (Å²) in [7, 11) is 0. The molecule has 0 aliphatic carbocycles. The summed E-state index contributed by atoms with van der Waals surface area (Å²) in [6.45, 7) is 0. The molecule has 0 saturated carbocycles. The molecule has 0 saturated heterocycles. The Labute approximate surface area is 172 Å². The predicted molar refractivity (Wildman–Crippen MR) is 106 cm³/mol. The minimum Gasteiger partial charge on any atom is -0.406 e. The average molecular weight is 423 g/mol. The second-order valence-electron chi connectivity index (χ2n) is 6.59. The number of hydrogen-bond acceptors (Lipinski definition) is 5. The third kappa shape index (κ3) is 3.37. The number of hydrogen-bond donors (Lipinski definition) is 0. The molecule has 0 spiro atoms. The second-order valence-corrected chi connectivity index (χ2v) is 6.59. The van der Waals surface area contributed by atoms with E-state index < -0.39 is 17.7 Å². The van der Waals surface area contributed by atoms with E-state index in [1.807, 2.05) is 30.3 Å². The minimum atomic E-state index is -4.84. The van der Waals surface area contributed by atoms with Crippen LogP contribution in [0.25, 0.3) is 33.6 Å². The molecule has 0 atom stereocenters. The summed E-state index contributed by atoms with van der Waals surface area (Å²) in [5.41, 5.74) is 1.34. The lowest BCUT2D eigenvalue weighted by Crippen LogP contribution is -2.21.